The minimum atomic E-state index is -0.456. The maximum Gasteiger partial charge on any atom is 0.338 e. The Morgan fingerprint density at radius 3 is 2.33 bits per heavy atom. The third-order valence-electron chi connectivity index (χ3n) is 6.96. The van der Waals surface area contributed by atoms with Gasteiger partial charge in [-0.25, -0.2) is 4.79 Å². The molecule has 0 saturated heterocycles. The van der Waals surface area contributed by atoms with Crippen molar-refractivity contribution in [2.24, 2.45) is 0 Å². The molecule has 10 heteroatoms. The summed E-state index contributed by atoms with van der Waals surface area (Å²) in [5.74, 6) is 0.409. The number of benzene rings is 3. The molecule has 0 saturated carbocycles. The van der Waals surface area contributed by atoms with Crippen LogP contribution in [0.2, 0.25) is 0 Å². The second kappa shape index (κ2) is 12.4. The normalized spacial score (nSPS) is 14.6. The number of rotatable bonds is 9. The second-order valence-electron chi connectivity index (χ2n) is 10.2. The second-order valence-corrected chi connectivity index (χ2v) is 10.2. The molecular formula is C32H34N4O6. The fourth-order valence-electron chi connectivity index (χ4n) is 4.88. The van der Waals surface area contributed by atoms with E-state index >= 15 is 0 Å². The monoisotopic (exact) mass is 570 g/mol. The summed E-state index contributed by atoms with van der Waals surface area (Å²) in [7, 11) is 3.93. The van der Waals surface area contributed by atoms with Crippen molar-refractivity contribution >= 4 is 46.1 Å². The molecule has 0 unspecified atom stereocenters. The van der Waals surface area contributed by atoms with Crippen molar-refractivity contribution in [1.82, 2.24) is 4.90 Å². The van der Waals surface area contributed by atoms with E-state index in [0.717, 1.165) is 17.9 Å². The van der Waals surface area contributed by atoms with Gasteiger partial charge in [0, 0.05) is 42.5 Å². The fraction of sp³-hybridized carbons (Fsp3) is 0.281. The summed E-state index contributed by atoms with van der Waals surface area (Å²) in [6.45, 7) is 5.73. The number of likely N-dealkylation sites (N-methyl/N-ethyl adjacent to an activating group) is 1. The van der Waals surface area contributed by atoms with E-state index in [2.05, 4.69) is 10.6 Å². The molecule has 0 fully saturated rings. The van der Waals surface area contributed by atoms with Crippen molar-refractivity contribution in [3.8, 4) is 11.5 Å². The van der Waals surface area contributed by atoms with Crippen molar-refractivity contribution in [3.63, 3.8) is 0 Å². The highest BCUT2D eigenvalue weighted by Gasteiger charge is 2.30. The van der Waals surface area contributed by atoms with E-state index in [1.165, 1.54) is 0 Å². The largest absolute Gasteiger partial charge is 0.486 e. The first-order valence-electron chi connectivity index (χ1n) is 13.8. The van der Waals surface area contributed by atoms with Gasteiger partial charge >= 0.3 is 5.97 Å². The summed E-state index contributed by atoms with van der Waals surface area (Å²) >= 11 is 0. The minimum Gasteiger partial charge on any atom is -0.486 e. The number of carbonyl (C=O) groups excluding carboxylic acids is 3. The molecule has 2 heterocycles. The van der Waals surface area contributed by atoms with Gasteiger partial charge in [0.15, 0.2) is 11.5 Å². The van der Waals surface area contributed by atoms with Gasteiger partial charge in [-0.15, -0.1) is 0 Å². The van der Waals surface area contributed by atoms with Crippen LogP contribution in [0.4, 0.5) is 17.1 Å². The van der Waals surface area contributed by atoms with Gasteiger partial charge in [0.1, 0.15) is 13.2 Å². The summed E-state index contributed by atoms with van der Waals surface area (Å²) in [5.41, 5.74) is 4.70. The molecule has 42 heavy (non-hydrogen) atoms. The number of ether oxygens (including phenoxy) is 3. The predicted octanol–water partition coefficient (Wildman–Crippen LogP) is 4.48. The quantitative estimate of drug-likeness (QED) is 0.286. The molecule has 2 aliphatic heterocycles. The Morgan fingerprint density at radius 1 is 0.929 bits per heavy atom. The summed E-state index contributed by atoms with van der Waals surface area (Å²) < 4.78 is 16.7. The van der Waals surface area contributed by atoms with E-state index in [9.17, 15) is 14.4 Å². The van der Waals surface area contributed by atoms with E-state index in [4.69, 9.17) is 14.2 Å². The molecule has 0 aliphatic carbocycles. The molecule has 0 spiro atoms. The van der Waals surface area contributed by atoms with Gasteiger partial charge in [0.25, 0.3) is 5.91 Å². The molecule has 2 N–H and O–H groups in total. The Labute approximate surface area is 244 Å². The van der Waals surface area contributed by atoms with Crippen molar-refractivity contribution in [2.75, 3.05) is 62.5 Å². The molecule has 2 aliphatic rings. The summed E-state index contributed by atoms with van der Waals surface area (Å²) in [5, 5.41) is 6.33. The number of esters is 1. The number of anilines is 3. The Morgan fingerprint density at radius 2 is 1.64 bits per heavy atom. The highest BCUT2D eigenvalue weighted by atomic mass is 16.6. The lowest BCUT2D eigenvalue weighted by Gasteiger charge is -2.24. The molecule has 0 radical (unpaired) electrons. The molecule has 3 aromatic carbocycles. The van der Waals surface area contributed by atoms with Crippen LogP contribution in [0, 0.1) is 0 Å². The molecule has 0 atom stereocenters. The van der Waals surface area contributed by atoms with Gasteiger partial charge in [-0.05, 0) is 75.6 Å². The van der Waals surface area contributed by atoms with Crippen LogP contribution in [-0.2, 0) is 14.3 Å². The summed E-state index contributed by atoms with van der Waals surface area (Å²) in [4.78, 5) is 41.9. The third kappa shape index (κ3) is 6.08. The van der Waals surface area contributed by atoms with Gasteiger partial charge < -0.3 is 34.6 Å². The van der Waals surface area contributed by atoms with E-state index in [1.54, 1.807) is 36.9 Å². The van der Waals surface area contributed by atoms with E-state index in [-0.39, 0.29) is 18.4 Å². The van der Waals surface area contributed by atoms with Crippen LogP contribution in [0.1, 0.15) is 35.3 Å². The standard InChI is InChI=1S/C32H34N4O6/c1-5-40-32(39)22-6-12-25-26(18-22)34-31(38)29(25)30(21-7-13-27-28(19-21)42-17-16-41-27)33-23-8-10-24(11-9-23)36(20(2)37)15-14-35(3)4/h6-13,18-19,33H,5,14-17H2,1-4H3,(H,34,38)/b30-29-. The van der Waals surface area contributed by atoms with Gasteiger partial charge in [-0.1, -0.05) is 6.07 Å². The molecular weight excluding hydrogens is 536 g/mol. The molecule has 0 aromatic heterocycles. The number of fused-ring (bicyclic) bond motifs is 2. The third-order valence-corrected chi connectivity index (χ3v) is 6.96. The topological polar surface area (TPSA) is 109 Å². The van der Waals surface area contributed by atoms with Gasteiger partial charge in [0.2, 0.25) is 5.91 Å². The van der Waals surface area contributed by atoms with Gasteiger partial charge in [0.05, 0.1) is 29.1 Å². The van der Waals surface area contributed by atoms with Crippen LogP contribution in [-0.4, -0.2) is 69.7 Å². The average Bonchev–Trinajstić information content (AvgIpc) is 3.30. The number of hydrogen-bond acceptors (Lipinski definition) is 8. The van der Waals surface area contributed by atoms with Crippen LogP contribution in [0.5, 0.6) is 11.5 Å². The lowest BCUT2D eigenvalue weighted by molar-refractivity contribution is -0.116. The van der Waals surface area contributed by atoms with E-state index in [0.29, 0.717) is 64.9 Å². The van der Waals surface area contributed by atoms with Crippen molar-refractivity contribution in [2.45, 2.75) is 13.8 Å². The Hall–Kier alpha value is -4.83. The molecule has 0 bridgehead atoms. The van der Waals surface area contributed by atoms with Gasteiger partial charge in [-0.3, -0.25) is 9.59 Å². The smallest absolute Gasteiger partial charge is 0.338 e. The number of amides is 2. The first-order valence-corrected chi connectivity index (χ1v) is 13.8. The number of hydrogen-bond donors (Lipinski definition) is 2. The molecule has 5 rings (SSSR count). The van der Waals surface area contributed by atoms with Crippen molar-refractivity contribution in [1.29, 1.82) is 0 Å². The van der Waals surface area contributed by atoms with Crippen LogP contribution in [0.25, 0.3) is 11.3 Å². The Bertz CT molecular complexity index is 1550. The van der Waals surface area contributed by atoms with Crippen LogP contribution >= 0.6 is 0 Å². The van der Waals surface area contributed by atoms with E-state index in [1.807, 2.05) is 61.5 Å². The van der Waals surface area contributed by atoms with Crippen LogP contribution < -0.4 is 25.0 Å². The number of nitrogens with zero attached hydrogens (tertiary/aromatic N) is 2. The Balaban J connectivity index is 1.55. The molecule has 218 valence electrons. The first-order chi connectivity index (χ1) is 20.2. The van der Waals surface area contributed by atoms with Gasteiger partial charge in [-0.2, -0.15) is 0 Å². The van der Waals surface area contributed by atoms with Crippen molar-refractivity contribution in [3.05, 3.63) is 77.4 Å². The molecule has 10 nitrogen and oxygen atoms in total. The number of nitrogens with one attached hydrogen (secondary N) is 2. The lowest BCUT2D eigenvalue weighted by Crippen LogP contribution is -2.35. The summed E-state index contributed by atoms with van der Waals surface area (Å²) in [6.07, 6.45) is 0. The van der Waals surface area contributed by atoms with E-state index < -0.39 is 5.97 Å². The maximum atomic E-state index is 13.4. The zero-order valence-electron chi connectivity index (χ0n) is 24.2. The maximum absolute atomic E-state index is 13.4. The molecule has 2 amide bonds. The van der Waals surface area contributed by atoms with Crippen molar-refractivity contribution < 1.29 is 28.6 Å². The predicted molar refractivity (Wildman–Crippen MR) is 162 cm³/mol. The highest BCUT2D eigenvalue weighted by molar-refractivity contribution is 6.37. The van der Waals surface area contributed by atoms with Crippen LogP contribution in [0.3, 0.4) is 0 Å². The zero-order chi connectivity index (χ0) is 29.8. The fourth-order valence-corrected chi connectivity index (χ4v) is 4.88. The molecule has 3 aromatic rings. The first kappa shape index (κ1) is 28.7. The highest BCUT2D eigenvalue weighted by Crippen LogP contribution is 2.40. The number of carbonyl (C=O) groups is 3. The minimum absolute atomic E-state index is 0.0435. The SMILES string of the molecule is CCOC(=O)c1ccc2c(c1)NC(=O)/C2=C(\Nc1ccc(N(CCN(C)C)C(C)=O)cc1)c1ccc2c(c1)OCCO2. The average molecular weight is 571 g/mol. The lowest BCUT2D eigenvalue weighted by atomic mass is 9.98. The van der Waals surface area contributed by atoms with Crippen LogP contribution in [0.15, 0.2) is 60.7 Å². The Kier molecular flexibility index (Phi) is 8.44. The summed E-state index contributed by atoms with van der Waals surface area (Å²) in [6, 6.07) is 18.0. The zero-order valence-corrected chi connectivity index (χ0v) is 24.2.